The van der Waals surface area contributed by atoms with E-state index in [1.807, 2.05) is 0 Å². The third-order valence-corrected chi connectivity index (χ3v) is 8.55. The van der Waals surface area contributed by atoms with Crippen LogP contribution in [0.4, 0.5) is 20.6 Å². The molecule has 16 heteroatoms. The first-order chi connectivity index (χ1) is 22.9. The van der Waals surface area contributed by atoms with E-state index in [1.165, 1.54) is 53.0 Å². The van der Waals surface area contributed by atoms with Crippen molar-refractivity contribution < 1.29 is 34.7 Å². The highest BCUT2D eigenvalue weighted by Gasteiger charge is 2.33. The number of carbonyl (C=O) groups excluding carboxylic acids is 2. The fourth-order valence-corrected chi connectivity index (χ4v) is 5.83. The summed E-state index contributed by atoms with van der Waals surface area (Å²) >= 11 is 0. The zero-order valence-electron chi connectivity index (χ0n) is 26.8. The number of piperazine rings is 1. The Hall–Kier alpha value is -5.22. The maximum absolute atomic E-state index is 14.2. The van der Waals surface area contributed by atoms with Crippen molar-refractivity contribution in [2.24, 2.45) is 0 Å². The highest BCUT2D eigenvalue weighted by atomic mass is 32.2. The molecule has 258 valence electrons. The Kier molecular flexibility index (Phi) is 10.1. The van der Waals surface area contributed by atoms with Gasteiger partial charge in [0.1, 0.15) is 17.3 Å². The van der Waals surface area contributed by atoms with Gasteiger partial charge in [-0.15, -0.1) is 0 Å². The topological polar surface area (TPSA) is 155 Å². The molecule has 1 aliphatic rings. The zero-order valence-corrected chi connectivity index (χ0v) is 27.7. The van der Waals surface area contributed by atoms with E-state index in [1.54, 1.807) is 54.4 Å². The number of fused-ring (bicyclic) bond motifs is 1. The van der Waals surface area contributed by atoms with Gasteiger partial charge in [-0.05, 0) is 55.5 Å². The number of urea groups is 1. The molecule has 0 saturated carbocycles. The van der Waals surface area contributed by atoms with Crippen molar-refractivity contribution in [3.63, 3.8) is 0 Å². The van der Waals surface area contributed by atoms with Crippen LogP contribution in [0, 0.1) is 5.82 Å². The summed E-state index contributed by atoms with van der Waals surface area (Å²) < 4.78 is 51.3. The predicted octanol–water partition coefficient (Wildman–Crippen LogP) is 3.17. The maximum atomic E-state index is 14.2. The van der Waals surface area contributed by atoms with E-state index < -0.39 is 33.8 Å². The van der Waals surface area contributed by atoms with E-state index in [-0.39, 0.29) is 47.0 Å². The van der Waals surface area contributed by atoms with E-state index >= 15 is 0 Å². The van der Waals surface area contributed by atoms with Crippen LogP contribution in [0.2, 0.25) is 0 Å². The summed E-state index contributed by atoms with van der Waals surface area (Å²) in [5.41, 5.74) is 0.720. The zero-order chi connectivity index (χ0) is 34.6. The van der Waals surface area contributed by atoms with Gasteiger partial charge in [-0.25, -0.2) is 32.0 Å². The third kappa shape index (κ3) is 7.50. The van der Waals surface area contributed by atoms with Crippen LogP contribution in [0.5, 0.6) is 11.5 Å². The number of methoxy groups -OCH3 is 2. The number of amides is 3. The van der Waals surface area contributed by atoms with E-state index in [9.17, 15) is 27.2 Å². The van der Waals surface area contributed by atoms with E-state index in [0.717, 1.165) is 6.26 Å². The second-order valence-corrected chi connectivity index (χ2v) is 12.9. The van der Waals surface area contributed by atoms with Gasteiger partial charge < -0.3 is 24.7 Å². The minimum absolute atomic E-state index is 0. The number of rotatable bonds is 10. The molecule has 14 nitrogen and oxygen atoms in total. The van der Waals surface area contributed by atoms with Crippen molar-refractivity contribution in [3.8, 4) is 11.5 Å². The summed E-state index contributed by atoms with van der Waals surface area (Å²) in [4.78, 5) is 48.8. The number of aromatic nitrogens is 2. The molecule has 3 aromatic carbocycles. The Morgan fingerprint density at radius 2 is 1.71 bits per heavy atom. The number of benzene rings is 3. The minimum atomic E-state index is -3.55. The molecular weight excluding hydrogens is 645 g/mol. The lowest BCUT2D eigenvalue weighted by Crippen LogP contribution is -2.57. The molecular formula is C32H40FN7O7S. The molecule has 1 aromatic heterocycles. The molecule has 0 radical (unpaired) electrons. The van der Waals surface area contributed by atoms with Crippen molar-refractivity contribution in [3.05, 3.63) is 88.7 Å². The summed E-state index contributed by atoms with van der Waals surface area (Å²) in [7, 11) is -0.597. The lowest BCUT2D eigenvalue weighted by molar-refractivity contribution is -0.130. The monoisotopic (exact) mass is 685 g/mol. The van der Waals surface area contributed by atoms with E-state index in [0.29, 0.717) is 33.8 Å². The van der Waals surface area contributed by atoms with Crippen molar-refractivity contribution >= 4 is 44.2 Å². The molecule has 3 amide bonds. The summed E-state index contributed by atoms with van der Waals surface area (Å²) in [6, 6.07) is 15.6. The van der Waals surface area contributed by atoms with Gasteiger partial charge in [0, 0.05) is 27.7 Å². The molecule has 1 atom stereocenters. The third-order valence-electron chi connectivity index (χ3n) is 7.88. The molecule has 4 aromatic rings. The minimum Gasteiger partial charge on any atom is -0.497 e. The summed E-state index contributed by atoms with van der Waals surface area (Å²) in [5, 5.41) is 4.91. The van der Waals surface area contributed by atoms with Crippen molar-refractivity contribution in [1.82, 2.24) is 19.3 Å². The first-order valence-electron chi connectivity index (χ1n) is 15.0. The van der Waals surface area contributed by atoms with Gasteiger partial charge in [0.05, 0.1) is 62.7 Å². The highest BCUT2D eigenvalue weighted by Crippen LogP contribution is 2.37. The van der Waals surface area contributed by atoms with Crippen molar-refractivity contribution in [1.29, 1.82) is 0 Å². The van der Waals surface area contributed by atoms with Gasteiger partial charge in [0.25, 0.3) is 5.56 Å². The highest BCUT2D eigenvalue weighted by molar-refractivity contribution is 7.88. The average Bonchev–Trinajstić information content (AvgIpc) is 3.08. The first-order valence-corrected chi connectivity index (χ1v) is 16.9. The molecule has 1 saturated heterocycles. The Balaban J connectivity index is 0.00000338. The van der Waals surface area contributed by atoms with Gasteiger partial charge in [0.2, 0.25) is 15.9 Å². The number of hydrogen-bond acceptors (Lipinski definition) is 9. The molecule has 2 heterocycles. The van der Waals surface area contributed by atoms with Crippen LogP contribution >= 0.6 is 0 Å². The van der Waals surface area contributed by atoms with Crippen LogP contribution in [0.3, 0.4) is 0 Å². The lowest BCUT2D eigenvalue weighted by Gasteiger charge is -2.39. The number of nitrogens with zero attached hydrogens (tertiary/aromatic N) is 5. The Bertz CT molecular complexity index is 1990. The SMILES string of the molecule is COc1ccc(N(C(=O)Nc2ccc(F)cc2)C(C)c2nc3ccccc3c(=O)n2N2CCN(C(=O)CNS(C)(=O)=O)CC2)c(OC)c1.[HH].[HH]. The number of para-hydroxylation sites is 1. The normalized spacial score (nSPS) is 14.0. The molecule has 2 N–H and O–H groups in total. The van der Waals surface area contributed by atoms with Crippen LogP contribution in [-0.4, -0.2) is 88.1 Å². The molecule has 1 fully saturated rings. The molecule has 0 spiro atoms. The second-order valence-electron chi connectivity index (χ2n) is 11.1. The number of sulfonamides is 1. The summed E-state index contributed by atoms with van der Waals surface area (Å²) in [5.74, 6) is 0.159. The second kappa shape index (κ2) is 14.3. The van der Waals surface area contributed by atoms with Gasteiger partial charge in [-0.3, -0.25) is 14.5 Å². The van der Waals surface area contributed by atoms with E-state index in [2.05, 4.69) is 10.0 Å². The Morgan fingerprint density at radius 3 is 2.35 bits per heavy atom. The Morgan fingerprint density at radius 1 is 1.02 bits per heavy atom. The fraction of sp³-hybridized carbons (Fsp3) is 0.312. The first kappa shape index (κ1) is 34.1. The lowest BCUT2D eigenvalue weighted by atomic mass is 10.1. The average molecular weight is 686 g/mol. The Labute approximate surface area is 279 Å². The van der Waals surface area contributed by atoms with Gasteiger partial charge in [0.15, 0.2) is 5.82 Å². The number of carbonyl (C=O) groups is 2. The van der Waals surface area contributed by atoms with Crippen molar-refractivity contribution in [2.75, 3.05) is 68.4 Å². The van der Waals surface area contributed by atoms with Gasteiger partial charge in [-0.1, -0.05) is 12.1 Å². The molecule has 5 rings (SSSR count). The van der Waals surface area contributed by atoms with Gasteiger partial charge >= 0.3 is 6.03 Å². The quantitative estimate of drug-likeness (QED) is 0.256. The molecule has 0 aliphatic carbocycles. The van der Waals surface area contributed by atoms with Crippen molar-refractivity contribution in [2.45, 2.75) is 13.0 Å². The largest absolute Gasteiger partial charge is 0.497 e. The van der Waals surface area contributed by atoms with E-state index in [4.69, 9.17) is 14.5 Å². The number of halogens is 1. The smallest absolute Gasteiger partial charge is 0.327 e. The molecule has 1 unspecified atom stereocenters. The van der Waals surface area contributed by atoms with Gasteiger partial charge in [-0.2, -0.15) is 0 Å². The number of ether oxygens (including phenoxy) is 2. The molecule has 1 aliphatic heterocycles. The summed E-state index contributed by atoms with van der Waals surface area (Å²) in [6.45, 7) is 2.20. The van der Waals surface area contributed by atoms with Crippen LogP contribution in [-0.2, 0) is 14.8 Å². The van der Waals surface area contributed by atoms with Crippen LogP contribution in [0.25, 0.3) is 10.9 Å². The summed E-state index contributed by atoms with van der Waals surface area (Å²) in [6.07, 6.45) is 0.977. The molecule has 0 bridgehead atoms. The number of hydrogen-bond donors (Lipinski definition) is 2. The maximum Gasteiger partial charge on any atom is 0.327 e. The van der Waals surface area contributed by atoms with Crippen LogP contribution in [0.1, 0.15) is 21.6 Å². The number of anilines is 2. The van der Waals surface area contributed by atoms with Crippen LogP contribution in [0.15, 0.2) is 71.5 Å². The predicted molar refractivity (Wildman–Crippen MR) is 183 cm³/mol. The number of nitrogens with one attached hydrogen (secondary N) is 2. The standard InChI is InChI=1S/C32H36FN7O7S.2H2/c1-21(39(27-14-13-24(46-2)19-28(27)47-3)32(43)35-23-11-9-22(33)10-12-23)30-36-26-8-6-5-7-25(26)31(42)40(30)38-17-15-37(16-18-38)29(41)20-34-48(4,44)45;;/h5-14,19,21,34H,15-18,20H2,1-4H3,(H,35,43);2*1H. The fourth-order valence-electron chi connectivity index (χ4n) is 5.44. The molecule has 48 heavy (non-hydrogen) atoms. The van der Waals surface area contributed by atoms with Crippen LogP contribution < -0.4 is 35.0 Å².